The Labute approximate surface area is 206 Å². The number of sulfonamides is 1. The van der Waals surface area contributed by atoms with Crippen LogP contribution in [0.5, 0.6) is 0 Å². The standard InChI is InChI=1S/C23H34N4O5S2/c1-18-4-2-8-25(15-18)9-3-7-24-22(28)16-27-20-14-19(5-6-21(20)33-17-23(27)29)34(30,31)26-10-12-32-13-11-26/h5-6,14,18H,2-4,7-13,15-17H2,1H3,(H,24,28)/t18-/m1/s1. The number of piperidine rings is 1. The highest BCUT2D eigenvalue weighted by atomic mass is 32.2. The quantitative estimate of drug-likeness (QED) is 0.528. The Morgan fingerprint density at radius 1 is 1.24 bits per heavy atom. The molecule has 11 heteroatoms. The normalized spacial score (nSPS) is 22.4. The van der Waals surface area contributed by atoms with E-state index in [9.17, 15) is 18.0 Å². The van der Waals surface area contributed by atoms with Gasteiger partial charge in [0.15, 0.2) is 0 Å². The lowest BCUT2D eigenvalue weighted by Gasteiger charge is -2.31. The number of thioether (sulfide) groups is 1. The molecule has 0 saturated carbocycles. The number of benzene rings is 1. The number of anilines is 1. The summed E-state index contributed by atoms with van der Waals surface area (Å²) in [4.78, 5) is 30.1. The largest absolute Gasteiger partial charge is 0.379 e. The Morgan fingerprint density at radius 3 is 2.79 bits per heavy atom. The predicted molar refractivity (Wildman–Crippen MR) is 132 cm³/mol. The fourth-order valence-electron chi connectivity index (χ4n) is 4.67. The molecule has 3 aliphatic heterocycles. The van der Waals surface area contributed by atoms with E-state index in [-0.39, 0.29) is 29.0 Å². The van der Waals surface area contributed by atoms with Crippen molar-refractivity contribution in [2.75, 3.05) is 69.7 Å². The molecule has 0 aromatic heterocycles. The maximum atomic E-state index is 13.1. The Balaban J connectivity index is 1.37. The number of nitrogens with zero attached hydrogens (tertiary/aromatic N) is 3. The fraction of sp³-hybridized carbons (Fsp3) is 0.652. The van der Waals surface area contributed by atoms with Gasteiger partial charge in [0.1, 0.15) is 6.54 Å². The predicted octanol–water partition coefficient (Wildman–Crippen LogP) is 1.38. The summed E-state index contributed by atoms with van der Waals surface area (Å²) in [7, 11) is -3.70. The number of likely N-dealkylation sites (tertiary alicyclic amines) is 1. The SMILES string of the molecule is C[C@@H]1CCCN(CCCNC(=O)CN2C(=O)CSc3ccc(S(=O)(=O)N4CCOCC4)cc32)C1. The van der Waals surface area contributed by atoms with Gasteiger partial charge in [0, 0.05) is 31.1 Å². The number of amides is 2. The zero-order valence-electron chi connectivity index (χ0n) is 19.7. The van der Waals surface area contributed by atoms with Crippen molar-refractivity contribution in [3.8, 4) is 0 Å². The number of fused-ring (bicyclic) bond motifs is 1. The molecular weight excluding hydrogens is 476 g/mol. The topological polar surface area (TPSA) is 99.3 Å². The van der Waals surface area contributed by atoms with Crippen LogP contribution in [0.25, 0.3) is 0 Å². The number of carbonyl (C=O) groups is 2. The zero-order chi connectivity index (χ0) is 24.1. The van der Waals surface area contributed by atoms with Crippen LogP contribution >= 0.6 is 11.8 Å². The molecule has 1 aromatic rings. The minimum atomic E-state index is -3.70. The summed E-state index contributed by atoms with van der Waals surface area (Å²) in [6.07, 6.45) is 3.37. The van der Waals surface area contributed by atoms with E-state index in [0.29, 0.717) is 38.5 Å². The molecule has 4 rings (SSSR count). The number of hydrogen-bond acceptors (Lipinski definition) is 7. The lowest BCUT2D eigenvalue weighted by Crippen LogP contribution is -2.44. The van der Waals surface area contributed by atoms with Crippen LogP contribution in [-0.2, 0) is 24.3 Å². The van der Waals surface area contributed by atoms with E-state index in [1.54, 1.807) is 12.1 Å². The molecule has 34 heavy (non-hydrogen) atoms. The maximum Gasteiger partial charge on any atom is 0.243 e. The summed E-state index contributed by atoms with van der Waals surface area (Å²) in [5, 5.41) is 2.92. The molecule has 2 amide bonds. The zero-order valence-corrected chi connectivity index (χ0v) is 21.3. The summed E-state index contributed by atoms with van der Waals surface area (Å²) in [6, 6.07) is 4.82. The summed E-state index contributed by atoms with van der Waals surface area (Å²) < 4.78 is 32.8. The van der Waals surface area contributed by atoms with E-state index in [4.69, 9.17) is 4.74 Å². The third kappa shape index (κ3) is 6.12. The average molecular weight is 511 g/mol. The van der Waals surface area contributed by atoms with Gasteiger partial charge in [-0.15, -0.1) is 11.8 Å². The van der Waals surface area contributed by atoms with E-state index in [0.717, 1.165) is 36.9 Å². The Kier molecular flexibility index (Phi) is 8.52. The van der Waals surface area contributed by atoms with Crippen LogP contribution in [0.4, 0.5) is 5.69 Å². The van der Waals surface area contributed by atoms with Crippen molar-refractivity contribution in [2.45, 2.75) is 36.0 Å². The first-order valence-corrected chi connectivity index (χ1v) is 14.4. The Hall–Kier alpha value is -1.66. The van der Waals surface area contributed by atoms with Crippen LogP contribution < -0.4 is 10.2 Å². The van der Waals surface area contributed by atoms with E-state index < -0.39 is 10.0 Å². The first-order chi connectivity index (χ1) is 16.3. The molecule has 9 nitrogen and oxygen atoms in total. The Bertz CT molecular complexity index is 997. The van der Waals surface area contributed by atoms with Gasteiger partial charge in [-0.25, -0.2) is 8.42 Å². The Morgan fingerprint density at radius 2 is 2.03 bits per heavy atom. The van der Waals surface area contributed by atoms with Gasteiger partial charge < -0.3 is 19.9 Å². The highest BCUT2D eigenvalue weighted by Gasteiger charge is 2.31. The van der Waals surface area contributed by atoms with Crippen LogP contribution in [0.2, 0.25) is 0 Å². The first-order valence-electron chi connectivity index (χ1n) is 12.0. The molecule has 2 saturated heterocycles. The number of rotatable bonds is 8. The van der Waals surface area contributed by atoms with Gasteiger partial charge in [0.2, 0.25) is 21.8 Å². The number of morpholine rings is 1. The fourth-order valence-corrected chi connectivity index (χ4v) is 7.02. The minimum absolute atomic E-state index is 0.117. The maximum absolute atomic E-state index is 13.1. The monoisotopic (exact) mass is 510 g/mol. The van der Waals surface area contributed by atoms with Crippen LogP contribution in [0.15, 0.2) is 28.0 Å². The van der Waals surface area contributed by atoms with Crippen molar-refractivity contribution in [2.24, 2.45) is 5.92 Å². The van der Waals surface area contributed by atoms with Gasteiger partial charge in [0.05, 0.1) is 29.5 Å². The smallest absolute Gasteiger partial charge is 0.243 e. The molecule has 1 N–H and O–H groups in total. The van der Waals surface area contributed by atoms with Gasteiger partial charge in [-0.2, -0.15) is 4.31 Å². The molecule has 3 heterocycles. The highest BCUT2D eigenvalue weighted by molar-refractivity contribution is 8.00. The van der Waals surface area contributed by atoms with Crippen molar-refractivity contribution in [3.05, 3.63) is 18.2 Å². The summed E-state index contributed by atoms with van der Waals surface area (Å²) in [5.74, 6) is 0.516. The lowest BCUT2D eigenvalue weighted by molar-refractivity contribution is -0.123. The van der Waals surface area contributed by atoms with Gasteiger partial charge in [-0.3, -0.25) is 9.59 Å². The van der Waals surface area contributed by atoms with Crippen LogP contribution in [0.1, 0.15) is 26.2 Å². The highest BCUT2D eigenvalue weighted by Crippen LogP contribution is 2.37. The second-order valence-electron chi connectivity index (χ2n) is 9.17. The molecule has 1 atom stereocenters. The second kappa shape index (κ2) is 11.4. The van der Waals surface area contributed by atoms with E-state index in [1.807, 2.05) is 0 Å². The van der Waals surface area contributed by atoms with Gasteiger partial charge >= 0.3 is 0 Å². The van der Waals surface area contributed by atoms with Gasteiger partial charge in [-0.05, 0) is 56.5 Å². The summed E-state index contributed by atoms with van der Waals surface area (Å²) in [6.45, 7) is 7.22. The number of hydrogen-bond donors (Lipinski definition) is 1. The number of ether oxygens (including phenoxy) is 1. The molecule has 1 aromatic carbocycles. The third-order valence-electron chi connectivity index (χ3n) is 6.50. The molecule has 0 spiro atoms. The minimum Gasteiger partial charge on any atom is -0.379 e. The summed E-state index contributed by atoms with van der Waals surface area (Å²) in [5.41, 5.74) is 0.480. The van der Waals surface area contributed by atoms with Crippen molar-refractivity contribution in [1.82, 2.24) is 14.5 Å². The average Bonchev–Trinajstić information content (AvgIpc) is 2.84. The van der Waals surface area contributed by atoms with E-state index in [2.05, 4.69) is 17.1 Å². The van der Waals surface area contributed by atoms with Crippen LogP contribution in [0, 0.1) is 5.92 Å². The lowest BCUT2D eigenvalue weighted by atomic mass is 10.0. The molecule has 2 fully saturated rings. The molecule has 188 valence electrons. The molecule has 0 unspecified atom stereocenters. The van der Waals surface area contributed by atoms with Crippen molar-refractivity contribution in [1.29, 1.82) is 0 Å². The summed E-state index contributed by atoms with van der Waals surface area (Å²) >= 11 is 1.36. The molecular formula is C23H34N4O5S2. The van der Waals surface area contributed by atoms with Gasteiger partial charge in [0.25, 0.3) is 0 Å². The van der Waals surface area contributed by atoms with Crippen molar-refractivity contribution in [3.63, 3.8) is 0 Å². The van der Waals surface area contributed by atoms with E-state index >= 15 is 0 Å². The molecule has 0 aliphatic carbocycles. The van der Waals surface area contributed by atoms with Gasteiger partial charge in [-0.1, -0.05) is 6.92 Å². The van der Waals surface area contributed by atoms with Crippen LogP contribution in [-0.4, -0.2) is 94.2 Å². The molecule has 3 aliphatic rings. The second-order valence-corrected chi connectivity index (χ2v) is 12.1. The molecule has 0 bridgehead atoms. The van der Waals surface area contributed by atoms with Crippen molar-refractivity contribution >= 4 is 39.3 Å². The number of nitrogens with one attached hydrogen (secondary N) is 1. The number of carbonyl (C=O) groups excluding carboxylic acids is 2. The van der Waals surface area contributed by atoms with E-state index in [1.165, 1.54) is 39.9 Å². The van der Waals surface area contributed by atoms with Crippen molar-refractivity contribution < 1.29 is 22.7 Å². The third-order valence-corrected chi connectivity index (χ3v) is 9.44. The molecule has 0 radical (unpaired) electrons. The first kappa shape index (κ1) is 25.4. The van der Waals surface area contributed by atoms with Crippen LogP contribution in [0.3, 0.4) is 0 Å².